The maximum atomic E-state index is 12.5. The highest BCUT2D eigenvalue weighted by Crippen LogP contribution is 2.27. The fourth-order valence-corrected chi connectivity index (χ4v) is 4.54. The highest BCUT2D eigenvalue weighted by molar-refractivity contribution is 7.89. The number of sulfonamides is 1. The molecule has 1 atom stereocenters. The van der Waals surface area contributed by atoms with Gasteiger partial charge >= 0.3 is 0 Å². The molecule has 5 nitrogen and oxygen atoms in total. The summed E-state index contributed by atoms with van der Waals surface area (Å²) in [5, 5.41) is 0. The standard InChI is InChI=1S/C14H21N3O2S2/c1-10(11-6-3-2-4-7-11)17-21(18,19)12-8-5-9-16-13(12)14(15)20/h5,8-11,17H,2-4,6-7H2,1H3,(H2,15,20). The molecule has 3 N–H and O–H groups in total. The van der Waals surface area contributed by atoms with E-state index in [9.17, 15) is 8.42 Å². The zero-order valence-corrected chi connectivity index (χ0v) is 13.7. The molecule has 116 valence electrons. The van der Waals surface area contributed by atoms with Crippen LogP contribution in [0.5, 0.6) is 0 Å². The predicted octanol–water partition coefficient (Wildman–Crippen LogP) is 1.96. The van der Waals surface area contributed by atoms with Crippen LogP contribution in [-0.4, -0.2) is 24.4 Å². The Balaban J connectivity index is 2.20. The summed E-state index contributed by atoms with van der Waals surface area (Å²) in [7, 11) is -3.66. The number of thiocarbonyl (C=S) groups is 1. The van der Waals surface area contributed by atoms with Gasteiger partial charge in [-0.25, -0.2) is 13.1 Å². The molecule has 1 aromatic rings. The lowest BCUT2D eigenvalue weighted by Gasteiger charge is -2.28. The molecular weight excluding hydrogens is 306 g/mol. The van der Waals surface area contributed by atoms with Gasteiger partial charge < -0.3 is 5.73 Å². The van der Waals surface area contributed by atoms with Crippen molar-refractivity contribution in [3.63, 3.8) is 0 Å². The molecule has 0 aliphatic heterocycles. The van der Waals surface area contributed by atoms with E-state index in [0.29, 0.717) is 5.92 Å². The molecule has 1 saturated carbocycles. The van der Waals surface area contributed by atoms with E-state index in [1.54, 1.807) is 6.07 Å². The second-order valence-corrected chi connectivity index (χ2v) is 7.64. The van der Waals surface area contributed by atoms with Gasteiger partial charge in [-0.3, -0.25) is 4.98 Å². The minimum atomic E-state index is -3.66. The summed E-state index contributed by atoms with van der Waals surface area (Å²) in [4.78, 5) is 4.02. The first kappa shape index (κ1) is 16.3. The van der Waals surface area contributed by atoms with Gasteiger partial charge in [0.25, 0.3) is 0 Å². The lowest BCUT2D eigenvalue weighted by Crippen LogP contribution is -2.39. The summed E-state index contributed by atoms with van der Waals surface area (Å²) in [6.45, 7) is 1.92. The molecule has 1 aliphatic carbocycles. The first-order valence-corrected chi connectivity index (χ1v) is 9.08. The van der Waals surface area contributed by atoms with Gasteiger partial charge in [0, 0.05) is 12.2 Å². The molecule has 1 unspecified atom stereocenters. The maximum absolute atomic E-state index is 12.5. The third-order valence-electron chi connectivity index (χ3n) is 3.99. The Morgan fingerprint density at radius 1 is 1.43 bits per heavy atom. The molecule has 0 aromatic carbocycles. The quantitative estimate of drug-likeness (QED) is 0.808. The van der Waals surface area contributed by atoms with E-state index in [2.05, 4.69) is 9.71 Å². The van der Waals surface area contributed by atoms with Crippen LogP contribution in [0.1, 0.15) is 44.7 Å². The third kappa shape index (κ3) is 3.99. The number of nitrogens with one attached hydrogen (secondary N) is 1. The van der Waals surface area contributed by atoms with Crippen molar-refractivity contribution in [2.75, 3.05) is 0 Å². The second-order valence-electron chi connectivity index (χ2n) is 5.52. The number of pyridine rings is 1. The molecular formula is C14H21N3O2S2. The van der Waals surface area contributed by atoms with Crippen molar-refractivity contribution in [1.82, 2.24) is 9.71 Å². The maximum Gasteiger partial charge on any atom is 0.243 e. The Bertz CT molecular complexity index is 610. The number of hydrogen-bond donors (Lipinski definition) is 2. The third-order valence-corrected chi connectivity index (χ3v) is 5.78. The Morgan fingerprint density at radius 3 is 2.71 bits per heavy atom. The Hall–Kier alpha value is -1.05. The van der Waals surface area contributed by atoms with Crippen LogP contribution in [0.25, 0.3) is 0 Å². The molecule has 0 saturated heterocycles. The smallest absolute Gasteiger partial charge is 0.243 e. The molecule has 21 heavy (non-hydrogen) atoms. The molecule has 7 heteroatoms. The fourth-order valence-electron chi connectivity index (χ4n) is 2.83. The van der Waals surface area contributed by atoms with E-state index >= 15 is 0 Å². The van der Waals surface area contributed by atoms with Crippen LogP contribution in [0.2, 0.25) is 0 Å². The van der Waals surface area contributed by atoms with E-state index in [1.165, 1.54) is 31.5 Å². The van der Waals surface area contributed by atoms with Crippen molar-refractivity contribution >= 4 is 27.2 Å². The lowest BCUT2D eigenvalue weighted by molar-refractivity contribution is 0.303. The van der Waals surface area contributed by atoms with Gasteiger partial charge in [-0.2, -0.15) is 0 Å². The minimum absolute atomic E-state index is 0.0127. The zero-order chi connectivity index (χ0) is 15.5. The van der Waals surface area contributed by atoms with E-state index in [0.717, 1.165) is 12.8 Å². The average Bonchev–Trinajstić information content (AvgIpc) is 2.47. The summed E-state index contributed by atoms with van der Waals surface area (Å²) >= 11 is 4.88. The largest absolute Gasteiger partial charge is 0.388 e. The van der Waals surface area contributed by atoms with Gasteiger partial charge in [0.05, 0.1) is 0 Å². The van der Waals surface area contributed by atoms with E-state index in [1.807, 2.05) is 6.92 Å². The molecule has 1 heterocycles. The Labute approximate surface area is 131 Å². The molecule has 0 spiro atoms. The topological polar surface area (TPSA) is 85.1 Å². The fraction of sp³-hybridized carbons (Fsp3) is 0.571. The summed E-state index contributed by atoms with van der Waals surface area (Å²) in [5.41, 5.74) is 5.71. The first-order valence-electron chi connectivity index (χ1n) is 7.19. The Morgan fingerprint density at radius 2 is 2.10 bits per heavy atom. The van der Waals surface area contributed by atoms with Gasteiger partial charge in [0.2, 0.25) is 10.0 Å². The average molecular weight is 327 g/mol. The molecule has 0 amide bonds. The summed E-state index contributed by atoms with van der Waals surface area (Å²) < 4.78 is 27.8. The van der Waals surface area contributed by atoms with Crippen molar-refractivity contribution in [1.29, 1.82) is 0 Å². The summed E-state index contributed by atoms with van der Waals surface area (Å²) in [5.74, 6) is 0.387. The van der Waals surface area contributed by atoms with Crippen molar-refractivity contribution < 1.29 is 8.42 Å². The number of aromatic nitrogens is 1. The van der Waals surface area contributed by atoms with E-state index in [-0.39, 0.29) is 21.6 Å². The number of rotatable bonds is 5. The summed E-state index contributed by atoms with van der Waals surface area (Å²) in [6, 6.07) is 2.95. The van der Waals surface area contributed by atoms with Crippen molar-refractivity contribution in [2.45, 2.75) is 50.0 Å². The molecule has 0 bridgehead atoms. The first-order chi connectivity index (χ1) is 9.92. The monoisotopic (exact) mass is 327 g/mol. The molecule has 2 rings (SSSR count). The SMILES string of the molecule is CC(NS(=O)(=O)c1cccnc1C(N)=S)C1CCCCC1. The van der Waals surface area contributed by atoms with Gasteiger partial charge in [-0.1, -0.05) is 31.5 Å². The van der Waals surface area contributed by atoms with Crippen molar-refractivity contribution in [3.05, 3.63) is 24.0 Å². The molecule has 0 radical (unpaired) electrons. The van der Waals surface area contributed by atoms with Crippen LogP contribution in [-0.2, 0) is 10.0 Å². The highest BCUT2D eigenvalue weighted by atomic mass is 32.2. The van der Waals surface area contributed by atoms with Gasteiger partial charge in [-0.05, 0) is 37.8 Å². The zero-order valence-electron chi connectivity index (χ0n) is 12.1. The van der Waals surface area contributed by atoms with Gasteiger partial charge in [0.1, 0.15) is 15.6 Å². The number of hydrogen-bond acceptors (Lipinski definition) is 4. The van der Waals surface area contributed by atoms with Crippen molar-refractivity contribution in [3.8, 4) is 0 Å². The number of nitrogens with zero attached hydrogens (tertiary/aromatic N) is 1. The van der Waals surface area contributed by atoms with Crippen LogP contribution >= 0.6 is 12.2 Å². The second kappa shape index (κ2) is 6.81. The van der Waals surface area contributed by atoms with Crippen LogP contribution in [0.15, 0.2) is 23.2 Å². The minimum Gasteiger partial charge on any atom is -0.388 e. The van der Waals surface area contributed by atoms with Crippen molar-refractivity contribution in [2.24, 2.45) is 11.7 Å². The van der Waals surface area contributed by atoms with Crippen LogP contribution in [0.4, 0.5) is 0 Å². The highest BCUT2D eigenvalue weighted by Gasteiger charge is 2.27. The number of nitrogens with two attached hydrogens (primary N) is 1. The van der Waals surface area contributed by atoms with E-state index in [4.69, 9.17) is 18.0 Å². The van der Waals surface area contributed by atoms with Gasteiger partial charge in [-0.15, -0.1) is 0 Å². The molecule has 1 fully saturated rings. The van der Waals surface area contributed by atoms with Gasteiger partial charge in [0.15, 0.2) is 0 Å². The van der Waals surface area contributed by atoms with E-state index < -0.39 is 10.0 Å². The van der Waals surface area contributed by atoms with Crippen LogP contribution in [0, 0.1) is 5.92 Å². The predicted molar refractivity (Wildman–Crippen MR) is 86.5 cm³/mol. The van der Waals surface area contributed by atoms with Crippen LogP contribution < -0.4 is 10.5 Å². The molecule has 1 aliphatic rings. The van der Waals surface area contributed by atoms with Crippen LogP contribution in [0.3, 0.4) is 0 Å². The normalized spacial score (nSPS) is 18.3. The summed E-state index contributed by atoms with van der Waals surface area (Å²) in [6.07, 6.45) is 7.20. The Kier molecular flexibility index (Phi) is 5.29. The molecule has 1 aromatic heterocycles. The lowest BCUT2D eigenvalue weighted by atomic mass is 9.85.